The van der Waals surface area contributed by atoms with E-state index in [0.717, 1.165) is 23.8 Å². The van der Waals surface area contributed by atoms with Crippen molar-refractivity contribution in [2.24, 2.45) is 0 Å². The number of hydrogen-bond acceptors (Lipinski definition) is 8. The highest BCUT2D eigenvalue weighted by molar-refractivity contribution is 6.53. The topological polar surface area (TPSA) is 145 Å². The smallest absolute Gasteiger partial charge is 0.344 e. The van der Waals surface area contributed by atoms with Crippen LogP contribution in [0.1, 0.15) is 17.2 Å². The molecule has 0 fully saturated rings. The van der Waals surface area contributed by atoms with Crippen molar-refractivity contribution in [2.75, 3.05) is 13.2 Å². The largest absolute Gasteiger partial charge is 0.461 e. The maximum atomic E-state index is 12.0. The molecule has 2 aromatic rings. The molecule has 12 heteroatoms. The van der Waals surface area contributed by atoms with Gasteiger partial charge in [-0.3, -0.25) is 14.9 Å². The van der Waals surface area contributed by atoms with E-state index in [1.54, 1.807) is 24.3 Å². The van der Waals surface area contributed by atoms with Crippen molar-refractivity contribution in [3.63, 3.8) is 0 Å². The van der Waals surface area contributed by atoms with E-state index in [0.29, 0.717) is 0 Å². The number of esters is 2. The molecule has 0 radical (unpaired) electrons. The number of aliphatic hydroxyl groups is 1. The van der Waals surface area contributed by atoms with Gasteiger partial charge in [-0.25, -0.2) is 9.59 Å². The molecular weight excluding hydrogens is 491 g/mol. The molecule has 10 nitrogen and oxygen atoms in total. The van der Waals surface area contributed by atoms with Gasteiger partial charge < -0.3 is 19.9 Å². The predicted molar refractivity (Wildman–Crippen MR) is 123 cm³/mol. The quantitative estimate of drug-likeness (QED) is 0.154. The number of halogens is 2. The minimum Gasteiger partial charge on any atom is -0.461 e. The molecule has 0 aliphatic rings. The number of nitro groups is 1. The summed E-state index contributed by atoms with van der Waals surface area (Å²) >= 11 is 11.0. The highest BCUT2D eigenvalue weighted by Crippen LogP contribution is 2.21. The molecule has 0 bridgehead atoms. The van der Waals surface area contributed by atoms with Gasteiger partial charge in [0.15, 0.2) is 11.4 Å². The summed E-state index contributed by atoms with van der Waals surface area (Å²) in [5, 5.41) is 23.7. The van der Waals surface area contributed by atoms with Crippen LogP contribution in [0.2, 0.25) is 0 Å². The van der Waals surface area contributed by atoms with Gasteiger partial charge in [-0.1, -0.05) is 53.5 Å². The summed E-state index contributed by atoms with van der Waals surface area (Å²) in [5.74, 6) is -2.57. The Bertz CT molecular complexity index is 1030. The first kappa shape index (κ1) is 26.8. The van der Waals surface area contributed by atoms with Gasteiger partial charge in [0.1, 0.15) is 12.7 Å². The van der Waals surface area contributed by atoms with E-state index >= 15 is 0 Å². The number of non-ortho nitro benzene ring substituents is 1. The second-order valence-corrected chi connectivity index (χ2v) is 7.84. The Kier molecular flexibility index (Phi) is 10.5. The van der Waals surface area contributed by atoms with Gasteiger partial charge in [0, 0.05) is 18.2 Å². The fraction of sp³-hybridized carbons (Fsp3) is 0.227. The van der Waals surface area contributed by atoms with E-state index in [-0.39, 0.29) is 11.3 Å². The average Bonchev–Trinajstić information content (AvgIpc) is 2.83. The SMILES string of the molecule is O=C(C=Cc1ccccc1)OCC(=O)OC[C@@H](NC(=O)C(Cl)Cl)[C@H](O)c1ccc([N+](=O)[O-])cc1. The summed E-state index contributed by atoms with van der Waals surface area (Å²) < 4.78 is 9.79. The zero-order chi connectivity index (χ0) is 25.1. The zero-order valence-electron chi connectivity index (χ0n) is 17.5. The van der Waals surface area contributed by atoms with Crippen LogP contribution in [0.4, 0.5) is 5.69 Å². The number of benzene rings is 2. The third kappa shape index (κ3) is 8.81. The van der Waals surface area contributed by atoms with Gasteiger partial charge in [-0.05, 0) is 29.3 Å². The minimum atomic E-state index is -1.46. The summed E-state index contributed by atoms with van der Waals surface area (Å²) in [7, 11) is 0. The second kappa shape index (κ2) is 13.3. The molecule has 2 atom stereocenters. The monoisotopic (exact) mass is 510 g/mol. The van der Waals surface area contributed by atoms with Crippen LogP contribution in [0, 0.1) is 10.1 Å². The lowest BCUT2D eigenvalue weighted by Crippen LogP contribution is -2.45. The van der Waals surface area contributed by atoms with E-state index in [1.165, 1.54) is 18.2 Å². The lowest BCUT2D eigenvalue weighted by Gasteiger charge is -2.24. The van der Waals surface area contributed by atoms with E-state index in [2.05, 4.69) is 5.32 Å². The van der Waals surface area contributed by atoms with Crippen LogP contribution < -0.4 is 5.32 Å². The van der Waals surface area contributed by atoms with Crippen LogP contribution >= 0.6 is 23.2 Å². The van der Waals surface area contributed by atoms with Crippen molar-refractivity contribution in [1.29, 1.82) is 0 Å². The molecule has 0 saturated carbocycles. The Labute approximate surface area is 204 Å². The van der Waals surface area contributed by atoms with Crippen molar-refractivity contribution in [3.05, 3.63) is 81.9 Å². The van der Waals surface area contributed by atoms with Gasteiger partial charge >= 0.3 is 11.9 Å². The molecule has 2 N–H and O–H groups in total. The fourth-order valence-corrected chi connectivity index (χ4v) is 2.74. The number of aliphatic hydroxyl groups excluding tert-OH is 1. The highest BCUT2D eigenvalue weighted by Gasteiger charge is 2.27. The Morgan fingerprint density at radius 1 is 1.06 bits per heavy atom. The van der Waals surface area contributed by atoms with E-state index < -0.39 is 53.0 Å². The Morgan fingerprint density at radius 3 is 2.29 bits per heavy atom. The molecule has 0 saturated heterocycles. The van der Waals surface area contributed by atoms with Gasteiger partial charge in [0.25, 0.3) is 11.6 Å². The van der Waals surface area contributed by atoms with Crippen molar-refractivity contribution in [2.45, 2.75) is 17.0 Å². The summed E-state index contributed by atoms with van der Waals surface area (Å²) in [6, 6.07) is 12.6. The van der Waals surface area contributed by atoms with Crippen molar-refractivity contribution >= 4 is 52.8 Å². The molecule has 1 amide bonds. The molecule has 2 aromatic carbocycles. The maximum Gasteiger partial charge on any atom is 0.344 e. The Morgan fingerprint density at radius 2 is 1.71 bits per heavy atom. The first-order valence-electron chi connectivity index (χ1n) is 9.74. The number of carbonyl (C=O) groups is 3. The van der Waals surface area contributed by atoms with Crippen molar-refractivity contribution in [1.82, 2.24) is 5.32 Å². The molecule has 34 heavy (non-hydrogen) atoms. The molecule has 0 aromatic heterocycles. The maximum absolute atomic E-state index is 12.0. The lowest BCUT2D eigenvalue weighted by atomic mass is 10.0. The van der Waals surface area contributed by atoms with Crippen molar-refractivity contribution < 1.29 is 33.9 Å². The average molecular weight is 511 g/mol. The number of alkyl halides is 2. The molecule has 0 spiro atoms. The number of nitrogens with one attached hydrogen (secondary N) is 1. The molecular formula is C22H20Cl2N2O8. The minimum absolute atomic E-state index is 0.199. The highest BCUT2D eigenvalue weighted by atomic mass is 35.5. The lowest BCUT2D eigenvalue weighted by molar-refractivity contribution is -0.384. The molecule has 2 rings (SSSR count). The first-order valence-corrected chi connectivity index (χ1v) is 10.6. The third-order valence-electron chi connectivity index (χ3n) is 4.32. The summed E-state index contributed by atoms with van der Waals surface area (Å²) in [6.07, 6.45) is 1.22. The van der Waals surface area contributed by atoms with Crippen LogP contribution in [0.15, 0.2) is 60.7 Å². The zero-order valence-corrected chi connectivity index (χ0v) is 19.0. The van der Waals surface area contributed by atoms with Gasteiger partial charge in [-0.2, -0.15) is 0 Å². The third-order valence-corrected chi connectivity index (χ3v) is 4.72. The van der Waals surface area contributed by atoms with Crippen LogP contribution in [0.3, 0.4) is 0 Å². The predicted octanol–water partition coefficient (Wildman–Crippen LogP) is 2.72. The normalized spacial score (nSPS) is 12.7. The van der Waals surface area contributed by atoms with E-state index in [1.807, 2.05) is 6.07 Å². The number of rotatable bonds is 11. The van der Waals surface area contributed by atoms with E-state index in [9.17, 15) is 29.6 Å². The number of hydrogen-bond donors (Lipinski definition) is 2. The van der Waals surface area contributed by atoms with Crippen LogP contribution in [0.25, 0.3) is 6.08 Å². The molecule has 0 aliphatic heterocycles. The fourth-order valence-electron chi connectivity index (χ4n) is 2.61. The standard InChI is InChI=1S/C22H20Cl2N2O8/c23-21(24)22(30)25-17(20(29)15-7-9-16(10-8-15)26(31)32)12-33-19(28)13-34-18(27)11-6-14-4-2-1-3-5-14/h1-11,17,20-21,29H,12-13H2,(H,25,30)/t17-,20-/m1/s1. The van der Waals surface area contributed by atoms with Gasteiger partial charge in [-0.15, -0.1) is 0 Å². The van der Waals surface area contributed by atoms with Gasteiger partial charge in [0.05, 0.1) is 11.0 Å². The molecule has 0 unspecified atom stereocenters. The summed E-state index contributed by atoms with van der Waals surface area (Å²) in [6.45, 7) is -1.24. The summed E-state index contributed by atoms with van der Waals surface area (Å²) in [5.41, 5.74) is 0.760. The first-order chi connectivity index (χ1) is 16.2. The molecule has 180 valence electrons. The van der Waals surface area contributed by atoms with Crippen LogP contribution in [-0.4, -0.2) is 52.0 Å². The second-order valence-electron chi connectivity index (χ2n) is 6.74. The number of nitro benzene ring substituents is 1. The van der Waals surface area contributed by atoms with Gasteiger partial charge in [0.2, 0.25) is 0 Å². The number of carbonyl (C=O) groups excluding carboxylic acids is 3. The Hall–Kier alpha value is -3.47. The molecule has 0 heterocycles. The van der Waals surface area contributed by atoms with Crippen LogP contribution in [-0.2, 0) is 23.9 Å². The van der Waals surface area contributed by atoms with Crippen molar-refractivity contribution in [3.8, 4) is 0 Å². The van der Waals surface area contributed by atoms with Crippen LogP contribution in [0.5, 0.6) is 0 Å². The number of ether oxygens (including phenoxy) is 2. The molecule has 0 aliphatic carbocycles. The summed E-state index contributed by atoms with van der Waals surface area (Å²) in [4.78, 5) is 44.3. The Balaban J connectivity index is 1.94. The van der Waals surface area contributed by atoms with E-state index in [4.69, 9.17) is 32.7 Å². The number of nitrogens with zero attached hydrogens (tertiary/aromatic N) is 1. The number of amides is 1.